The Balaban J connectivity index is 2.25. The van der Waals surface area contributed by atoms with Gasteiger partial charge in [-0.15, -0.1) is 0 Å². The molecule has 1 unspecified atom stereocenters. The van der Waals surface area contributed by atoms with Crippen molar-refractivity contribution in [2.45, 2.75) is 19.4 Å². The monoisotopic (exact) mass is 222 g/mol. The maximum Gasteiger partial charge on any atom is 0.339 e. The number of aromatic carboxylic acids is 1. The van der Waals surface area contributed by atoms with Gasteiger partial charge in [0.1, 0.15) is 11.4 Å². The van der Waals surface area contributed by atoms with E-state index in [-0.39, 0.29) is 11.6 Å². The van der Waals surface area contributed by atoms with Crippen molar-refractivity contribution in [1.82, 2.24) is 4.98 Å². The highest BCUT2D eigenvalue weighted by Crippen LogP contribution is 2.19. The van der Waals surface area contributed by atoms with Crippen LogP contribution in [0.1, 0.15) is 22.3 Å². The second-order valence-corrected chi connectivity index (χ2v) is 3.86. The summed E-state index contributed by atoms with van der Waals surface area (Å²) in [4.78, 5) is 15.2. The van der Waals surface area contributed by atoms with E-state index in [9.17, 15) is 4.79 Å². The Hall–Kier alpha value is -1.62. The predicted molar refractivity (Wildman–Crippen MR) is 58.8 cm³/mol. The van der Waals surface area contributed by atoms with Gasteiger partial charge in [-0.2, -0.15) is 0 Å². The van der Waals surface area contributed by atoms with E-state index in [1.54, 1.807) is 19.2 Å². The summed E-state index contributed by atoms with van der Waals surface area (Å²) in [7, 11) is 0. The minimum absolute atomic E-state index is 0.160. The molecule has 1 aromatic rings. The summed E-state index contributed by atoms with van der Waals surface area (Å²) < 4.78 is 5.22. The highest BCUT2D eigenvalue weighted by molar-refractivity contribution is 5.94. The summed E-state index contributed by atoms with van der Waals surface area (Å²) in [6.07, 6.45) is 2.49. The Kier molecular flexibility index (Phi) is 3.05. The van der Waals surface area contributed by atoms with Crippen LogP contribution in [0, 0.1) is 6.92 Å². The van der Waals surface area contributed by atoms with Gasteiger partial charge in [0.05, 0.1) is 12.6 Å². The molecule has 5 heteroatoms. The van der Waals surface area contributed by atoms with Crippen molar-refractivity contribution in [3.05, 3.63) is 23.4 Å². The Morgan fingerprint density at radius 2 is 2.50 bits per heavy atom. The van der Waals surface area contributed by atoms with Crippen LogP contribution < -0.4 is 5.32 Å². The molecule has 5 nitrogen and oxygen atoms in total. The zero-order valence-electron chi connectivity index (χ0n) is 9.06. The number of carbonyl (C=O) groups is 1. The first-order valence-corrected chi connectivity index (χ1v) is 5.21. The number of aromatic nitrogens is 1. The number of carboxylic acids is 1. The summed E-state index contributed by atoms with van der Waals surface area (Å²) in [5.74, 6) is -0.519. The molecule has 1 atom stereocenters. The summed E-state index contributed by atoms with van der Waals surface area (Å²) >= 11 is 0. The van der Waals surface area contributed by atoms with Crippen LogP contribution in [0.5, 0.6) is 0 Å². The first-order valence-electron chi connectivity index (χ1n) is 5.21. The molecule has 1 saturated heterocycles. The lowest BCUT2D eigenvalue weighted by Gasteiger charge is -2.14. The van der Waals surface area contributed by atoms with E-state index in [1.165, 1.54) is 0 Å². The van der Waals surface area contributed by atoms with Gasteiger partial charge >= 0.3 is 5.97 Å². The molecular weight excluding hydrogens is 208 g/mol. The fourth-order valence-corrected chi connectivity index (χ4v) is 1.78. The lowest BCUT2D eigenvalue weighted by molar-refractivity contribution is 0.0696. The minimum atomic E-state index is -0.952. The van der Waals surface area contributed by atoms with Crippen LogP contribution in [0.4, 0.5) is 5.82 Å². The van der Waals surface area contributed by atoms with Crippen LogP contribution in [0.2, 0.25) is 0 Å². The number of hydrogen-bond acceptors (Lipinski definition) is 4. The SMILES string of the molecule is Cc1ccnc(NC2CCOC2)c1C(=O)O. The van der Waals surface area contributed by atoms with Crippen LogP contribution in [0.25, 0.3) is 0 Å². The van der Waals surface area contributed by atoms with E-state index in [0.29, 0.717) is 24.6 Å². The molecule has 2 N–H and O–H groups in total. The fourth-order valence-electron chi connectivity index (χ4n) is 1.78. The highest BCUT2D eigenvalue weighted by Gasteiger charge is 2.20. The van der Waals surface area contributed by atoms with Gasteiger partial charge in [0, 0.05) is 12.8 Å². The third kappa shape index (κ3) is 2.14. The standard InChI is InChI=1S/C11H14N2O3/c1-7-2-4-12-10(9(7)11(14)15)13-8-3-5-16-6-8/h2,4,8H,3,5-6H2,1H3,(H,12,13)(H,14,15). The second kappa shape index (κ2) is 4.49. The third-order valence-corrected chi connectivity index (χ3v) is 2.64. The van der Waals surface area contributed by atoms with Gasteiger partial charge < -0.3 is 15.2 Å². The molecule has 0 spiro atoms. The Morgan fingerprint density at radius 1 is 1.69 bits per heavy atom. The molecule has 1 aromatic heterocycles. The molecule has 2 heterocycles. The van der Waals surface area contributed by atoms with Crippen molar-refractivity contribution in [2.24, 2.45) is 0 Å². The number of hydrogen-bond donors (Lipinski definition) is 2. The largest absolute Gasteiger partial charge is 0.478 e. The molecule has 0 aliphatic carbocycles. The first kappa shape index (κ1) is 10.9. The van der Waals surface area contributed by atoms with Crippen molar-refractivity contribution in [2.75, 3.05) is 18.5 Å². The van der Waals surface area contributed by atoms with E-state index in [2.05, 4.69) is 10.3 Å². The molecule has 1 aliphatic heterocycles. The number of nitrogens with zero attached hydrogens (tertiary/aromatic N) is 1. The fraction of sp³-hybridized carbons (Fsp3) is 0.455. The quantitative estimate of drug-likeness (QED) is 0.806. The average molecular weight is 222 g/mol. The lowest BCUT2D eigenvalue weighted by atomic mass is 10.1. The average Bonchev–Trinajstić information content (AvgIpc) is 2.70. The molecule has 2 rings (SSSR count). The number of anilines is 1. The molecule has 0 amide bonds. The van der Waals surface area contributed by atoms with E-state index < -0.39 is 5.97 Å². The summed E-state index contributed by atoms with van der Waals surface area (Å²) in [5.41, 5.74) is 0.957. The molecule has 0 saturated carbocycles. The predicted octanol–water partition coefficient (Wildman–Crippen LogP) is 1.29. The molecule has 0 aromatic carbocycles. The topological polar surface area (TPSA) is 71.5 Å². The molecular formula is C11H14N2O3. The Morgan fingerprint density at radius 3 is 3.12 bits per heavy atom. The summed E-state index contributed by atoms with van der Waals surface area (Å²) in [5, 5.41) is 12.2. The van der Waals surface area contributed by atoms with Crippen LogP contribution in [-0.4, -0.2) is 35.3 Å². The molecule has 1 fully saturated rings. The van der Waals surface area contributed by atoms with Gasteiger partial charge in [0.15, 0.2) is 0 Å². The van der Waals surface area contributed by atoms with Gasteiger partial charge in [0.25, 0.3) is 0 Å². The molecule has 0 bridgehead atoms. The molecule has 16 heavy (non-hydrogen) atoms. The highest BCUT2D eigenvalue weighted by atomic mass is 16.5. The maximum absolute atomic E-state index is 11.1. The smallest absolute Gasteiger partial charge is 0.339 e. The number of carboxylic acid groups (broad SMARTS) is 1. The van der Waals surface area contributed by atoms with E-state index in [4.69, 9.17) is 9.84 Å². The van der Waals surface area contributed by atoms with Gasteiger partial charge in [-0.1, -0.05) is 0 Å². The van der Waals surface area contributed by atoms with Gasteiger partial charge in [-0.25, -0.2) is 9.78 Å². The van der Waals surface area contributed by atoms with Crippen LogP contribution in [0.15, 0.2) is 12.3 Å². The number of ether oxygens (including phenoxy) is 1. The number of nitrogens with one attached hydrogen (secondary N) is 1. The van der Waals surface area contributed by atoms with E-state index >= 15 is 0 Å². The van der Waals surface area contributed by atoms with Crippen molar-refractivity contribution in [1.29, 1.82) is 0 Å². The normalized spacial score (nSPS) is 19.7. The summed E-state index contributed by atoms with van der Waals surface area (Å²) in [6, 6.07) is 1.85. The second-order valence-electron chi connectivity index (χ2n) is 3.86. The van der Waals surface area contributed by atoms with Gasteiger partial charge in [-0.3, -0.25) is 0 Å². The Bertz CT molecular complexity index is 400. The number of aryl methyl sites for hydroxylation is 1. The first-order chi connectivity index (χ1) is 7.68. The summed E-state index contributed by atoms with van der Waals surface area (Å²) in [6.45, 7) is 3.09. The Labute approximate surface area is 93.5 Å². The molecule has 1 aliphatic rings. The van der Waals surface area contributed by atoms with Crippen LogP contribution in [0.3, 0.4) is 0 Å². The maximum atomic E-state index is 11.1. The van der Waals surface area contributed by atoms with Crippen molar-refractivity contribution >= 4 is 11.8 Å². The van der Waals surface area contributed by atoms with Gasteiger partial charge in [-0.05, 0) is 25.0 Å². The molecule has 0 radical (unpaired) electrons. The third-order valence-electron chi connectivity index (χ3n) is 2.64. The zero-order chi connectivity index (χ0) is 11.5. The van der Waals surface area contributed by atoms with E-state index in [0.717, 1.165) is 6.42 Å². The van der Waals surface area contributed by atoms with Crippen molar-refractivity contribution in [3.63, 3.8) is 0 Å². The number of pyridine rings is 1. The van der Waals surface area contributed by atoms with Crippen molar-refractivity contribution < 1.29 is 14.6 Å². The van der Waals surface area contributed by atoms with E-state index in [1.807, 2.05) is 0 Å². The molecule has 86 valence electrons. The minimum Gasteiger partial charge on any atom is -0.478 e. The number of rotatable bonds is 3. The lowest BCUT2D eigenvalue weighted by Crippen LogP contribution is -2.22. The van der Waals surface area contributed by atoms with Crippen LogP contribution >= 0.6 is 0 Å². The van der Waals surface area contributed by atoms with Gasteiger partial charge in [0.2, 0.25) is 0 Å². The van der Waals surface area contributed by atoms with Crippen LogP contribution in [-0.2, 0) is 4.74 Å². The zero-order valence-corrected chi connectivity index (χ0v) is 9.06. The van der Waals surface area contributed by atoms with Crippen molar-refractivity contribution in [3.8, 4) is 0 Å².